The number of fused-ring (bicyclic) bond motifs is 7. The van der Waals surface area contributed by atoms with E-state index in [2.05, 4.69) is 33.8 Å². The number of phenolic OH excluding ortho intramolecular Hbond substituents is 1. The van der Waals surface area contributed by atoms with Crippen LogP contribution in [0.15, 0.2) is 66.7 Å². The molecule has 4 nitrogen and oxygen atoms in total. The molecular weight excluding hydrogens is 424 g/mol. The Morgan fingerprint density at radius 2 is 1.32 bits per heavy atom. The standard InChI is InChI=1S/C30H24O4/c1-29(2,16-10-6-5-7-11-16)20-14-19-24(26-25(20)27(32)34-28(26)33)23-18-13-9-8-12-17(18)22(31)15-21(23)30(19,3)4/h5-15,31H,1-4H3. The highest BCUT2D eigenvalue weighted by molar-refractivity contribution is 6.22. The topological polar surface area (TPSA) is 63.6 Å². The second-order valence-corrected chi connectivity index (χ2v) is 10.3. The number of cyclic esters (lactones) is 2. The van der Waals surface area contributed by atoms with Crippen molar-refractivity contribution in [3.05, 3.63) is 100 Å². The van der Waals surface area contributed by atoms with E-state index in [1.54, 1.807) is 6.07 Å². The van der Waals surface area contributed by atoms with Crippen LogP contribution in [0.3, 0.4) is 0 Å². The van der Waals surface area contributed by atoms with Gasteiger partial charge in [0.05, 0.1) is 11.1 Å². The van der Waals surface area contributed by atoms with Crippen molar-refractivity contribution < 1.29 is 19.4 Å². The van der Waals surface area contributed by atoms with E-state index in [1.165, 1.54) is 0 Å². The highest BCUT2D eigenvalue weighted by Gasteiger charge is 2.47. The van der Waals surface area contributed by atoms with Crippen LogP contribution in [0.1, 0.15) is 70.7 Å². The van der Waals surface area contributed by atoms with Gasteiger partial charge in [0.15, 0.2) is 0 Å². The molecule has 2 aliphatic rings. The molecule has 0 bridgehead atoms. The van der Waals surface area contributed by atoms with Gasteiger partial charge in [0.2, 0.25) is 0 Å². The van der Waals surface area contributed by atoms with Crippen LogP contribution < -0.4 is 0 Å². The minimum atomic E-state index is -0.609. The molecule has 0 spiro atoms. The van der Waals surface area contributed by atoms with E-state index in [-0.39, 0.29) is 5.75 Å². The minimum absolute atomic E-state index is 0.204. The van der Waals surface area contributed by atoms with Gasteiger partial charge < -0.3 is 9.84 Å². The molecule has 1 heterocycles. The first-order valence-electron chi connectivity index (χ1n) is 11.4. The summed E-state index contributed by atoms with van der Waals surface area (Å²) in [5.74, 6) is -1.01. The normalized spacial score (nSPS) is 15.8. The first-order valence-corrected chi connectivity index (χ1v) is 11.4. The maximum atomic E-state index is 13.2. The van der Waals surface area contributed by atoms with Crippen LogP contribution in [0.25, 0.3) is 21.9 Å². The number of esters is 2. The quantitative estimate of drug-likeness (QED) is 0.281. The Hall–Kier alpha value is -3.92. The van der Waals surface area contributed by atoms with E-state index in [1.807, 2.05) is 54.6 Å². The molecular formula is C30H24O4. The third-order valence-corrected chi connectivity index (χ3v) is 7.71. The maximum Gasteiger partial charge on any atom is 0.347 e. The van der Waals surface area contributed by atoms with Gasteiger partial charge in [0.1, 0.15) is 5.75 Å². The highest BCUT2D eigenvalue weighted by Crippen LogP contribution is 2.57. The monoisotopic (exact) mass is 448 g/mol. The molecule has 4 heteroatoms. The third-order valence-electron chi connectivity index (χ3n) is 7.71. The van der Waals surface area contributed by atoms with Gasteiger partial charge in [0.25, 0.3) is 0 Å². The van der Waals surface area contributed by atoms with E-state index < -0.39 is 22.8 Å². The molecule has 0 amide bonds. The number of carbonyl (C=O) groups excluding carboxylic acids is 2. The van der Waals surface area contributed by atoms with Crippen molar-refractivity contribution in [1.29, 1.82) is 0 Å². The molecule has 1 N–H and O–H groups in total. The first kappa shape index (κ1) is 20.7. The summed E-state index contributed by atoms with van der Waals surface area (Å²) in [6.07, 6.45) is 0. The Morgan fingerprint density at radius 1 is 0.735 bits per heavy atom. The number of hydrogen-bond donors (Lipinski definition) is 1. The summed E-state index contributed by atoms with van der Waals surface area (Å²) in [7, 11) is 0. The molecule has 168 valence electrons. The van der Waals surface area contributed by atoms with Crippen LogP contribution in [0.5, 0.6) is 5.75 Å². The molecule has 0 atom stereocenters. The van der Waals surface area contributed by atoms with Crippen molar-refractivity contribution >= 4 is 22.7 Å². The lowest BCUT2D eigenvalue weighted by molar-refractivity contribution is 0.0443. The second kappa shape index (κ2) is 6.57. The molecule has 0 aromatic heterocycles. The molecule has 4 aromatic carbocycles. The van der Waals surface area contributed by atoms with Crippen LogP contribution in [0.4, 0.5) is 0 Å². The van der Waals surface area contributed by atoms with Crippen molar-refractivity contribution in [2.45, 2.75) is 38.5 Å². The predicted octanol–water partition coefficient (Wildman–Crippen LogP) is 6.49. The summed E-state index contributed by atoms with van der Waals surface area (Å²) < 4.78 is 5.22. The Balaban J connectivity index is 1.78. The van der Waals surface area contributed by atoms with Crippen LogP contribution in [0.2, 0.25) is 0 Å². The van der Waals surface area contributed by atoms with Gasteiger partial charge in [-0.3, -0.25) is 0 Å². The average molecular weight is 449 g/mol. The van der Waals surface area contributed by atoms with Crippen LogP contribution >= 0.6 is 0 Å². The summed E-state index contributed by atoms with van der Waals surface area (Å²) in [6, 6.07) is 21.5. The van der Waals surface area contributed by atoms with Crippen molar-refractivity contribution in [3.8, 4) is 16.9 Å². The molecule has 34 heavy (non-hydrogen) atoms. The lowest BCUT2D eigenvalue weighted by Crippen LogP contribution is -2.24. The molecule has 0 radical (unpaired) electrons. The van der Waals surface area contributed by atoms with Crippen molar-refractivity contribution in [2.24, 2.45) is 0 Å². The minimum Gasteiger partial charge on any atom is -0.507 e. The largest absolute Gasteiger partial charge is 0.507 e. The second-order valence-electron chi connectivity index (χ2n) is 10.3. The number of hydrogen-bond acceptors (Lipinski definition) is 4. The summed E-state index contributed by atoms with van der Waals surface area (Å²) in [5, 5.41) is 12.4. The van der Waals surface area contributed by atoms with Gasteiger partial charge in [-0.15, -0.1) is 0 Å². The highest BCUT2D eigenvalue weighted by atomic mass is 16.6. The van der Waals surface area contributed by atoms with E-state index >= 15 is 0 Å². The van der Waals surface area contributed by atoms with Crippen molar-refractivity contribution in [1.82, 2.24) is 0 Å². The summed E-state index contributed by atoms with van der Waals surface area (Å²) in [6.45, 7) is 8.33. The SMILES string of the molecule is CC(C)(c1ccccc1)c1cc2c(c3c1C(=O)OC3=O)-c1c(cc(O)c3ccccc13)C2(C)C. The summed E-state index contributed by atoms with van der Waals surface area (Å²) >= 11 is 0. The maximum absolute atomic E-state index is 13.2. The molecule has 1 aliphatic heterocycles. The van der Waals surface area contributed by atoms with E-state index in [4.69, 9.17) is 4.74 Å². The molecule has 6 rings (SSSR count). The van der Waals surface area contributed by atoms with E-state index in [0.29, 0.717) is 16.5 Å². The Bertz CT molecular complexity index is 1560. The molecule has 1 aliphatic carbocycles. The molecule has 0 saturated carbocycles. The van der Waals surface area contributed by atoms with E-state index in [0.717, 1.165) is 38.8 Å². The number of ether oxygens (including phenoxy) is 1. The van der Waals surface area contributed by atoms with E-state index in [9.17, 15) is 14.7 Å². The molecule has 0 saturated heterocycles. The van der Waals surface area contributed by atoms with Gasteiger partial charge in [-0.05, 0) is 39.3 Å². The number of phenols is 1. The Labute approximate surface area is 197 Å². The van der Waals surface area contributed by atoms with Crippen LogP contribution in [-0.2, 0) is 15.6 Å². The number of carbonyl (C=O) groups is 2. The summed E-state index contributed by atoms with van der Waals surface area (Å²) in [4.78, 5) is 26.3. The van der Waals surface area contributed by atoms with Gasteiger partial charge in [-0.25, -0.2) is 9.59 Å². The molecule has 0 fully saturated rings. The third kappa shape index (κ3) is 2.48. The Kier molecular flexibility index (Phi) is 3.99. The number of aromatic hydroxyl groups is 1. The lowest BCUT2D eigenvalue weighted by Gasteiger charge is -2.30. The molecule has 0 unspecified atom stereocenters. The van der Waals surface area contributed by atoms with Gasteiger partial charge >= 0.3 is 11.9 Å². The summed E-state index contributed by atoms with van der Waals surface area (Å²) in [5.41, 5.74) is 5.00. The fraction of sp³-hybridized carbons (Fsp3) is 0.200. The van der Waals surface area contributed by atoms with Crippen molar-refractivity contribution in [2.75, 3.05) is 0 Å². The average Bonchev–Trinajstić information content (AvgIpc) is 3.24. The zero-order chi connectivity index (χ0) is 24.0. The predicted molar refractivity (Wildman–Crippen MR) is 131 cm³/mol. The van der Waals surface area contributed by atoms with Gasteiger partial charge in [-0.2, -0.15) is 0 Å². The lowest BCUT2D eigenvalue weighted by atomic mass is 9.72. The van der Waals surface area contributed by atoms with Gasteiger partial charge in [0, 0.05) is 21.8 Å². The van der Waals surface area contributed by atoms with Crippen LogP contribution in [0, 0.1) is 0 Å². The number of rotatable bonds is 2. The fourth-order valence-electron chi connectivity index (χ4n) is 5.80. The van der Waals surface area contributed by atoms with Crippen LogP contribution in [-0.4, -0.2) is 17.0 Å². The first-order chi connectivity index (χ1) is 16.1. The van der Waals surface area contributed by atoms with Gasteiger partial charge in [-0.1, -0.05) is 88.4 Å². The zero-order valence-electron chi connectivity index (χ0n) is 19.5. The fourth-order valence-corrected chi connectivity index (χ4v) is 5.80. The number of benzene rings is 4. The van der Waals surface area contributed by atoms with Crippen molar-refractivity contribution in [3.63, 3.8) is 0 Å². The zero-order valence-corrected chi connectivity index (χ0v) is 19.5. The molecule has 4 aromatic rings. The smallest absolute Gasteiger partial charge is 0.347 e. The Morgan fingerprint density at radius 3 is 2.03 bits per heavy atom.